The molecular weight excluding hydrogens is 426 g/mol. The summed E-state index contributed by atoms with van der Waals surface area (Å²) in [6.45, 7) is 4.41. The maximum absolute atomic E-state index is 12.9. The lowest BCUT2D eigenvalue weighted by atomic mass is 10.1. The van der Waals surface area contributed by atoms with Crippen LogP contribution in [0.25, 0.3) is 0 Å². The average molecular weight is 451 g/mol. The second-order valence-corrected chi connectivity index (χ2v) is 7.77. The summed E-state index contributed by atoms with van der Waals surface area (Å²) in [6.07, 6.45) is 3.58. The first-order chi connectivity index (χ1) is 15.9. The summed E-state index contributed by atoms with van der Waals surface area (Å²) in [7, 11) is 1.52. The zero-order valence-electron chi connectivity index (χ0n) is 18.7. The highest BCUT2D eigenvalue weighted by atomic mass is 16.6. The Kier molecular flexibility index (Phi) is 6.32. The van der Waals surface area contributed by atoms with Crippen molar-refractivity contribution in [3.8, 4) is 0 Å². The zero-order valence-corrected chi connectivity index (χ0v) is 18.7. The fourth-order valence-electron chi connectivity index (χ4n) is 4.00. The number of hydrogen-bond acceptors (Lipinski definition) is 6. The molecule has 3 aromatic rings. The van der Waals surface area contributed by atoms with Gasteiger partial charge in [-0.3, -0.25) is 9.59 Å². The van der Waals surface area contributed by atoms with Crippen LogP contribution in [0.5, 0.6) is 0 Å². The standard InChI is InChI=1S/C24H25N3O6/c1-14-20(24(30)33-11-10-31-3)15(2)25-21(14)22(28)26-18-4-5-19-16(12-18)6-8-27(19)23(29)17-7-9-32-13-17/h4-5,7,9,12-13,25H,6,8,10-11H2,1-3H3,(H,26,28). The molecular formula is C24H25N3O6. The Bertz CT molecular complexity index is 1200. The van der Waals surface area contributed by atoms with E-state index < -0.39 is 5.97 Å². The molecule has 0 saturated carbocycles. The molecule has 9 nitrogen and oxygen atoms in total. The van der Waals surface area contributed by atoms with Gasteiger partial charge in [0.1, 0.15) is 18.6 Å². The molecule has 1 aromatic carbocycles. The number of aromatic amines is 1. The number of amides is 2. The summed E-state index contributed by atoms with van der Waals surface area (Å²) in [5.74, 6) is -0.991. The van der Waals surface area contributed by atoms with Crippen LogP contribution in [0.15, 0.2) is 41.2 Å². The lowest BCUT2D eigenvalue weighted by molar-refractivity contribution is 0.0386. The van der Waals surface area contributed by atoms with Gasteiger partial charge in [-0.15, -0.1) is 0 Å². The predicted octanol–water partition coefficient (Wildman–Crippen LogP) is 3.48. The van der Waals surface area contributed by atoms with E-state index >= 15 is 0 Å². The Balaban J connectivity index is 1.48. The van der Waals surface area contributed by atoms with E-state index in [0.717, 1.165) is 11.3 Å². The van der Waals surface area contributed by atoms with Crippen molar-refractivity contribution in [2.24, 2.45) is 0 Å². The number of esters is 1. The molecule has 1 aliphatic heterocycles. The number of nitrogens with one attached hydrogen (secondary N) is 2. The van der Waals surface area contributed by atoms with Gasteiger partial charge in [-0.05, 0) is 55.7 Å². The van der Waals surface area contributed by atoms with Gasteiger partial charge >= 0.3 is 5.97 Å². The van der Waals surface area contributed by atoms with Crippen LogP contribution in [0.3, 0.4) is 0 Å². The highest BCUT2D eigenvalue weighted by molar-refractivity contribution is 6.08. The third kappa shape index (κ3) is 4.40. The molecule has 9 heteroatoms. The Morgan fingerprint density at radius 2 is 2.00 bits per heavy atom. The number of nitrogens with zero attached hydrogens (tertiary/aromatic N) is 1. The minimum Gasteiger partial charge on any atom is -0.472 e. The van der Waals surface area contributed by atoms with Gasteiger partial charge in [0.25, 0.3) is 11.8 Å². The fourth-order valence-corrected chi connectivity index (χ4v) is 4.00. The first-order valence-electron chi connectivity index (χ1n) is 10.5. The van der Waals surface area contributed by atoms with Gasteiger partial charge in [0.2, 0.25) is 0 Å². The first kappa shape index (κ1) is 22.3. The number of anilines is 2. The van der Waals surface area contributed by atoms with Gasteiger partial charge in [-0.25, -0.2) is 4.79 Å². The molecule has 0 saturated heterocycles. The van der Waals surface area contributed by atoms with E-state index in [0.29, 0.717) is 53.3 Å². The van der Waals surface area contributed by atoms with Crippen molar-refractivity contribution in [2.45, 2.75) is 20.3 Å². The number of H-pyrrole nitrogens is 1. The highest BCUT2D eigenvalue weighted by Gasteiger charge is 2.27. The van der Waals surface area contributed by atoms with Crippen molar-refractivity contribution in [3.63, 3.8) is 0 Å². The molecule has 0 fully saturated rings. The van der Waals surface area contributed by atoms with E-state index in [-0.39, 0.29) is 18.4 Å². The van der Waals surface area contributed by atoms with Crippen LogP contribution in [-0.2, 0) is 15.9 Å². The van der Waals surface area contributed by atoms with Crippen molar-refractivity contribution in [1.29, 1.82) is 0 Å². The maximum Gasteiger partial charge on any atom is 0.340 e. The van der Waals surface area contributed by atoms with E-state index in [4.69, 9.17) is 13.9 Å². The summed E-state index contributed by atoms with van der Waals surface area (Å²) < 4.78 is 15.1. The van der Waals surface area contributed by atoms with Gasteiger partial charge in [-0.2, -0.15) is 0 Å². The fraction of sp³-hybridized carbons (Fsp3) is 0.292. The van der Waals surface area contributed by atoms with Crippen LogP contribution in [0.2, 0.25) is 0 Å². The molecule has 0 atom stereocenters. The Labute approximate surface area is 190 Å². The number of aryl methyl sites for hydroxylation is 1. The minimum absolute atomic E-state index is 0.123. The van der Waals surface area contributed by atoms with E-state index in [9.17, 15) is 14.4 Å². The topological polar surface area (TPSA) is 114 Å². The van der Waals surface area contributed by atoms with E-state index in [1.54, 1.807) is 30.9 Å². The summed E-state index contributed by atoms with van der Waals surface area (Å²) in [6, 6.07) is 7.07. The molecule has 3 heterocycles. The number of hydrogen-bond donors (Lipinski definition) is 2. The Morgan fingerprint density at radius 3 is 2.73 bits per heavy atom. The van der Waals surface area contributed by atoms with Gasteiger partial charge in [0.05, 0.1) is 24.0 Å². The monoisotopic (exact) mass is 451 g/mol. The van der Waals surface area contributed by atoms with Crippen LogP contribution in [0.1, 0.15) is 48.0 Å². The molecule has 172 valence electrons. The normalized spacial score (nSPS) is 12.5. The molecule has 4 rings (SSSR count). The second kappa shape index (κ2) is 9.33. The number of carbonyl (C=O) groups is 3. The number of fused-ring (bicyclic) bond motifs is 1. The van der Waals surface area contributed by atoms with Gasteiger partial charge in [0.15, 0.2) is 0 Å². The number of methoxy groups -OCH3 is 1. The van der Waals surface area contributed by atoms with Gasteiger partial charge < -0.3 is 29.1 Å². The van der Waals surface area contributed by atoms with E-state index in [1.165, 1.54) is 19.6 Å². The number of furan rings is 1. The largest absolute Gasteiger partial charge is 0.472 e. The smallest absolute Gasteiger partial charge is 0.340 e. The van der Waals surface area contributed by atoms with Crippen LogP contribution in [-0.4, -0.2) is 49.6 Å². The van der Waals surface area contributed by atoms with Crippen molar-refractivity contribution in [2.75, 3.05) is 37.1 Å². The second-order valence-electron chi connectivity index (χ2n) is 7.77. The summed E-state index contributed by atoms with van der Waals surface area (Å²) in [5.41, 5.74) is 4.59. The molecule has 2 aromatic heterocycles. The van der Waals surface area contributed by atoms with Crippen LogP contribution >= 0.6 is 0 Å². The van der Waals surface area contributed by atoms with Crippen molar-refractivity contribution in [1.82, 2.24) is 4.98 Å². The average Bonchev–Trinajstić information content (AvgIpc) is 3.52. The highest BCUT2D eigenvalue weighted by Crippen LogP contribution is 2.32. The summed E-state index contributed by atoms with van der Waals surface area (Å²) in [5, 5.41) is 2.87. The quantitative estimate of drug-likeness (QED) is 0.420. The minimum atomic E-state index is -0.503. The SMILES string of the molecule is COCCOC(=O)c1c(C)[nH]c(C(=O)Nc2ccc3c(c2)CCN3C(=O)c2ccoc2)c1C. The zero-order chi connectivity index (χ0) is 23.5. The molecule has 2 amide bonds. The number of carbonyl (C=O) groups excluding carboxylic acids is 3. The first-order valence-corrected chi connectivity index (χ1v) is 10.5. The summed E-state index contributed by atoms with van der Waals surface area (Å²) in [4.78, 5) is 42.7. The third-order valence-corrected chi connectivity index (χ3v) is 5.64. The predicted molar refractivity (Wildman–Crippen MR) is 121 cm³/mol. The maximum atomic E-state index is 12.9. The van der Waals surface area contributed by atoms with E-state index in [1.807, 2.05) is 12.1 Å². The number of ether oxygens (including phenoxy) is 2. The van der Waals surface area contributed by atoms with Crippen molar-refractivity contribution < 1.29 is 28.3 Å². The number of aromatic nitrogens is 1. The van der Waals surface area contributed by atoms with Gasteiger partial charge in [-0.1, -0.05) is 0 Å². The Hall–Kier alpha value is -3.85. The molecule has 0 radical (unpaired) electrons. The molecule has 33 heavy (non-hydrogen) atoms. The van der Waals surface area contributed by atoms with Crippen LogP contribution < -0.4 is 10.2 Å². The molecule has 0 spiro atoms. The molecule has 1 aliphatic rings. The molecule has 0 unspecified atom stereocenters. The lowest BCUT2D eigenvalue weighted by Crippen LogP contribution is -2.28. The van der Waals surface area contributed by atoms with Crippen molar-refractivity contribution >= 4 is 29.2 Å². The Morgan fingerprint density at radius 1 is 1.18 bits per heavy atom. The molecule has 0 bridgehead atoms. The third-order valence-electron chi connectivity index (χ3n) is 5.64. The van der Waals surface area contributed by atoms with E-state index in [2.05, 4.69) is 10.3 Å². The number of rotatable bonds is 7. The lowest BCUT2D eigenvalue weighted by Gasteiger charge is -2.16. The van der Waals surface area contributed by atoms with Crippen LogP contribution in [0, 0.1) is 13.8 Å². The van der Waals surface area contributed by atoms with Crippen LogP contribution in [0.4, 0.5) is 11.4 Å². The molecule has 2 N–H and O–H groups in total. The van der Waals surface area contributed by atoms with Crippen molar-refractivity contribution in [3.05, 3.63) is 70.4 Å². The number of benzene rings is 1. The van der Waals surface area contributed by atoms with Gasteiger partial charge in [0, 0.05) is 30.7 Å². The molecule has 0 aliphatic carbocycles. The summed E-state index contributed by atoms with van der Waals surface area (Å²) >= 11 is 0.